The topological polar surface area (TPSA) is 81.8 Å². The van der Waals surface area contributed by atoms with E-state index >= 15 is 0 Å². The summed E-state index contributed by atoms with van der Waals surface area (Å²) in [7, 11) is 1.57. The lowest BCUT2D eigenvalue weighted by Gasteiger charge is -2.29. The number of hydrogen-bond acceptors (Lipinski definition) is 4. The van der Waals surface area contributed by atoms with E-state index in [9.17, 15) is 14.4 Å². The van der Waals surface area contributed by atoms with Gasteiger partial charge in [0.2, 0.25) is 11.8 Å². The van der Waals surface area contributed by atoms with Gasteiger partial charge in [0.25, 0.3) is 5.91 Å². The fourth-order valence-corrected chi connectivity index (χ4v) is 2.29. The monoisotopic (exact) mass is 354 g/mol. The minimum Gasteiger partial charge on any atom is -0.343 e. The fourth-order valence-electron chi connectivity index (χ4n) is 2.29. The zero-order valence-electron chi connectivity index (χ0n) is 13.7. The van der Waals surface area contributed by atoms with Gasteiger partial charge >= 0.3 is 0 Å². The Morgan fingerprint density at radius 1 is 1.17 bits per heavy atom. The molecular weight excluding hydrogens is 332 g/mol. The van der Waals surface area contributed by atoms with E-state index in [1.165, 1.54) is 4.90 Å². The standard InChI is InChI=1S/C16H22N4O3.ClH/c1-19(12-15(22)20-9-7-17-8-10-20)14(21)11-18-16(23)13-5-3-2-4-6-13;/h2-6,17H,7-12H2,1H3,(H,18,23);1H. The Bertz CT molecular complexity index is 562. The molecule has 1 heterocycles. The first-order valence-electron chi connectivity index (χ1n) is 7.63. The van der Waals surface area contributed by atoms with Crippen LogP contribution in [0.1, 0.15) is 10.4 Å². The third-order valence-corrected chi connectivity index (χ3v) is 3.70. The second kappa shape index (κ2) is 9.89. The van der Waals surface area contributed by atoms with Crippen molar-refractivity contribution in [3.05, 3.63) is 35.9 Å². The Labute approximate surface area is 147 Å². The van der Waals surface area contributed by atoms with Gasteiger partial charge in [0.1, 0.15) is 0 Å². The molecule has 0 spiro atoms. The van der Waals surface area contributed by atoms with Crippen LogP contribution < -0.4 is 10.6 Å². The van der Waals surface area contributed by atoms with Crippen LogP contribution in [0.3, 0.4) is 0 Å². The normalized spacial score (nSPS) is 13.6. The fraction of sp³-hybridized carbons (Fsp3) is 0.438. The summed E-state index contributed by atoms with van der Waals surface area (Å²) in [6.07, 6.45) is 0. The third kappa shape index (κ3) is 5.82. The van der Waals surface area contributed by atoms with Crippen molar-refractivity contribution in [1.82, 2.24) is 20.4 Å². The summed E-state index contributed by atoms with van der Waals surface area (Å²) in [4.78, 5) is 39.1. The number of likely N-dealkylation sites (N-methyl/N-ethyl adjacent to an activating group) is 1. The smallest absolute Gasteiger partial charge is 0.251 e. The van der Waals surface area contributed by atoms with E-state index in [2.05, 4.69) is 10.6 Å². The predicted octanol–water partition coefficient (Wildman–Crippen LogP) is -0.272. The second-order valence-corrected chi connectivity index (χ2v) is 5.43. The highest BCUT2D eigenvalue weighted by molar-refractivity contribution is 5.96. The molecule has 0 radical (unpaired) electrons. The first-order chi connectivity index (χ1) is 11.1. The van der Waals surface area contributed by atoms with Gasteiger partial charge in [-0.15, -0.1) is 12.4 Å². The number of piperazine rings is 1. The molecule has 1 aliphatic heterocycles. The largest absolute Gasteiger partial charge is 0.343 e. The molecule has 24 heavy (non-hydrogen) atoms. The van der Waals surface area contributed by atoms with Crippen LogP contribution >= 0.6 is 12.4 Å². The number of rotatable bonds is 5. The molecule has 0 saturated carbocycles. The van der Waals surface area contributed by atoms with Crippen LogP contribution in [0, 0.1) is 0 Å². The number of benzene rings is 1. The van der Waals surface area contributed by atoms with Crippen molar-refractivity contribution in [3.8, 4) is 0 Å². The lowest BCUT2D eigenvalue weighted by molar-refractivity contribution is -0.139. The van der Waals surface area contributed by atoms with Crippen LogP contribution in [-0.2, 0) is 9.59 Å². The van der Waals surface area contributed by atoms with Crippen LogP contribution in [0.15, 0.2) is 30.3 Å². The van der Waals surface area contributed by atoms with Gasteiger partial charge in [0.05, 0.1) is 13.1 Å². The van der Waals surface area contributed by atoms with Gasteiger partial charge in [-0.3, -0.25) is 14.4 Å². The highest BCUT2D eigenvalue weighted by atomic mass is 35.5. The Hall–Kier alpha value is -2.12. The first kappa shape index (κ1) is 19.9. The summed E-state index contributed by atoms with van der Waals surface area (Å²) in [6, 6.07) is 8.69. The molecule has 0 atom stereocenters. The Morgan fingerprint density at radius 3 is 2.42 bits per heavy atom. The summed E-state index contributed by atoms with van der Waals surface area (Å²) >= 11 is 0. The molecule has 132 valence electrons. The molecule has 2 N–H and O–H groups in total. The van der Waals surface area contributed by atoms with Crippen LogP contribution in [0.2, 0.25) is 0 Å². The van der Waals surface area contributed by atoms with Gasteiger partial charge in [-0.25, -0.2) is 0 Å². The average Bonchev–Trinajstić information content (AvgIpc) is 2.60. The van der Waals surface area contributed by atoms with Gasteiger partial charge in [-0.2, -0.15) is 0 Å². The van der Waals surface area contributed by atoms with Crippen LogP contribution in [-0.4, -0.2) is 73.8 Å². The van der Waals surface area contributed by atoms with Crippen molar-refractivity contribution in [1.29, 1.82) is 0 Å². The molecule has 1 fully saturated rings. The predicted molar refractivity (Wildman–Crippen MR) is 93.1 cm³/mol. The van der Waals surface area contributed by atoms with E-state index in [0.29, 0.717) is 18.7 Å². The number of nitrogens with one attached hydrogen (secondary N) is 2. The average molecular weight is 355 g/mol. The molecular formula is C16H23ClN4O3. The maximum Gasteiger partial charge on any atom is 0.251 e. The summed E-state index contributed by atoms with van der Waals surface area (Å²) in [5.74, 6) is -0.671. The Balaban J connectivity index is 0.00000288. The van der Waals surface area contributed by atoms with Crippen molar-refractivity contribution < 1.29 is 14.4 Å². The molecule has 1 aliphatic rings. The molecule has 3 amide bonds. The van der Waals surface area contributed by atoms with Gasteiger partial charge in [-0.05, 0) is 12.1 Å². The van der Waals surface area contributed by atoms with Gasteiger partial charge < -0.3 is 20.4 Å². The van der Waals surface area contributed by atoms with Crippen molar-refractivity contribution in [2.75, 3.05) is 46.3 Å². The van der Waals surface area contributed by atoms with E-state index in [1.807, 2.05) is 6.07 Å². The summed E-state index contributed by atoms with van der Waals surface area (Å²) in [6.45, 7) is 2.77. The van der Waals surface area contributed by atoms with Gasteiger partial charge in [0.15, 0.2) is 0 Å². The summed E-state index contributed by atoms with van der Waals surface area (Å²) < 4.78 is 0. The molecule has 1 aromatic rings. The molecule has 0 bridgehead atoms. The molecule has 8 heteroatoms. The highest BCUT2D eigenvalue weighted by Gasteiger charge is 2.20. The van der Waals surface area contributed by atoms with Crippen LogP contribution in [0.25, 0.3) is 0 Å². The van der Waals surface area contributed by atoms with E-state index in [-0.39, 0.29) is 43.2 Å². The van der Waals surface area contributed by atoms with Crippen LogP contribution in [0.5, 0.6) is 0 Å². The summed E-state index contributed by atoms with van der Waals surface area (Å²) in [5, 5.41) is 5.74. The summed E-state index contributed by atoms with van der Waals surface area (Å²) in [5.41, 5.74) is 0.500. The van der Waals surface area contributed by atoms with Crippen LogP contribution in [0.4, 0.5) is 0 Å². The molecule has 7 nitrogen and oxygen atoms in total. The van der Waals surface area contributed by atoms with E-state index in [0.717, 1.165) is 13.1 Å². The zero-order valence-corrected chi connectivity index (χ0v) is 14.5. The third-order valence-electron chi connectivity index (χ3n) is 3.70. The molecule has 2 rings (SSSR count). The Morgan fingerprint density at radius 2 is 1.79 bits per heavy atom. The number of carbonyl (C=O) groups excluding carboxylic acids is 3. The maximum absolute atomic E-state index is 12.1. The number of carbonyl (C=O) groups is 3. The quantitative estimate of drug-likeness (QED) is 0.762. The van der Waals surface area contributed by atoms with Crippen molar-refractivity contribution >= 4 is 30.1 Å². The SMILES string of the molecule is CN(CC(=O)N1CCNCC1)C(=O)CNC(=O)c1ccccc1.Cl. The molecule has 0 unspecified atom stereocenters. The highest BCUT2D eigenvalue weighted by Crippen LogP contribution is 1.98. The van der Waals surface area contributed by atoms with Crippen molar-refractivity contribution in [2.45, 2.75) is 0 Å². The van der Waals surface area contributed by atoms with E-state index in [4.69, 9.17) is 0 Å². The lowest BCUT2D eigenvalue weighted by atomic mass is 10.2. The van der Waals surface area contributed by atoms with E-state index < -0.39 is 0 Å². The lowest BCUT2D eigenvalue weighted by Crippen LogP contribution is -2.50. The maximum atomic E-state index is 12.1. The Kier molecular flexibility index (Phi) is 8.21. The molecule has 1 aromatic carbocycles. The molecule has 1 saturated heterocycles. The number of nitrogens with zero attached hydrogens (tertiary/aromatic N) is 2. The zero-order chi connectivity index (χ0) is 16.7. The van der Waals surface area contributed by atoms with Crippen molar-refractivity contribution in [2.24, 2.45) is 0 Å². The minimum atomic E-state index is -0.305. The van der Waals surface area contributed by atoms with Crippen molar-refractivity contribution in [3.63, 3.8) is 0 Å². The van der Waals surface area contributed by atoms with Gasteiger partial charge in [-0.1, -0.05) is 18.2 Å². The second-order valence-electron chi connectivity index (χ2n) is 5.43. The number of amides is 3. The first-order valence-corrected chi connectivity index (χ1v) is 7.63. The molecule has 0 aromatic heterocycles. The molecule has 0 aliphatic carbocycles. The number of hydrogen-bond donors (Lipinski definition) is 2. The van der Waals surface area contributed by atoms with E-state index in [1.54, 1.807) is 36.2 Å². The minimum absolute atomic E-state index is 0. The number of halogens is 1. The van der Waals surface area contributed by atoms with Gasteiger partial charge in [0, 0.05) is 38.8 Å².